The van der Waals surface area contributed by atoms with Gasteiger partial charge in [0.15, 0.2) is 5.69 Å². The van der Waals surface area contributed by atoms with E-state index in [-0.39, 0.29) is 10.7 Å². The molecule has 0 aliphatic heterocycles. The number of aliphatic carboxylic acids is 1. The molecular formula is C8H9NO6S. The predicted octanol–water partition coefficient (Wildman–Crippen LogP) is -0.290. The lowest BCUT2D eigenvalue weighted by Gasteiger charge is -2.12. The molecule has 1 aromatic rings. The second-order valence-electron chi connectivity index (χ2n) is 2.99. The number of nitrogens with zero attached hydrogens (tertiary/aromatic N) is 1. The molecule has 4 N–H and O–H groups in total. The minimum Gasteiger partial charge on any atom is -0.481 e. The highest BCUT2D eigenvalue weighted by Gasteiger charge is 2.24. The van der Waals surface area contributed by atoms with Gasteiger partial charge in [-0.05, 0) is 0 Å². The van der Waals surface area contributed by atoms with Crippen molar-refractivity contribution in [3.8, 4) is 0 Å². The van der Waals surface area contributed by atoms with Crippen LogP contribution in [0.25, 0.3) is 0 Å². The molecule has 8 heteroatoms. The van der Waals surface area contributed by atoms with Crippen LogP contribution in [0.2, 0.25) is 0 Å². The van der Waals surface area contributed by atoms with Gasteiger partial charge in [-0.1, -0.05) is 0 Å². The van der Waals surface area contributed by atoms with Crippen molar-refractivity contribution >= 4 is 23.3 Å². The Morgan fingerprint density at radius 1 is 1.38 bits per heavy atom. The minimum absolute atomic E-state index is 0.0221. The smallest absolute Gasteiger partial charge is 0.355 e. The Bertz CT molecular complexity index is 403. The van der Waals surface area contributed by atoms with Gasteiger partial charge in [-0.15, -0.1) is 11.3 Å². The second-order valence-corrected chi connectivity index (χ2v) is 3.88. The summed E-state index contributed by atoms with van der Waals surface area (Å²) in [5.74, 6) is -2.51. The first-order valence-corrected chi connectivity index (χ1v) is 5.06. The van der Waals surface area contributed by atoms with Crippen LogP contribution in [0, 0.1) is 0 Å². The molecule has 1 heterocycles. The number of aliphatic hydroxyl groups is 2. The second kappa shape index (κ2) is 5.01. The van der Waals surface area contributed by atoms with E-state index in [0.717, 1.165) is 11.3 Å². The monoisotopic (exact) mass is 247 g/mol. The summed E-state index contributed by atoms with van der Waals surface area (Å²) in [5, 5.41) is 36.9. The van der Waals surface area contributed by atoms with E-state index in [1.807, 2.05) is 0 Å². The molecule has 0 amide bonds. The first kappa shape index (κ1) is 12.6. The van der Waals surface area contributed by atoms with Crippen LogP contribution in [0.4, 0.5) is 0 Å². The van der Waals surface area contributed by atoms with Crippen molar-refractivity contribution < 1.29 is 30.0 Å². The van der Waals surface area contributed by atoms with Crippen molar-refractivity contribution in [1.82, 2.24) is 4.98 Å². The van der Waals surface area contributed by atoms with E-state index in [4.69, 9.17) is 10.2 Å². The molecule has 0 aliphatic rings. The molecule has 16 heavy (non-hydrogen) atoms. The molecule has 88 valence electrons. The molecule has 2 unspecified atom stereocenters. The lowest BCUT2D eigenvalue weighted by atomic mass is 10.1. The van der Waals surface area contributed by atoms with E-state index in [0.29, 0.717) is 0 Å². The van der Waals surface area contributed by atoms with Crippen molar-refractivity contribution in [3.63, 3.8) is 0 Å². The number of hydrogen-bond acceptors (Lipinski definition) is 6. The fourth-order valence-corrected chi connectivity index (χ4v) is 1.81. The number of thiazole rings is 1. The zero-order valence-electron chi connectivity index (χ0n) is 7.90. The van der Waals surface area contributed by atoms with Crippen LogP contribution in [-0.4, -0.2) is 43.5 Å². The van der Waals surface area contributed by atoms with E-state index in [1.165, 1.54) is 5.38 Å². The lowest BCUT2D eigenvalue weighted by Crippen LogP contribution is -2.21. The lowest BCUT2D eigenvalue weighted by molar-refractivity contribution is -0.141. The van der Waals surface area contributed by atoms with Gasteiger partial charge in [-0.3, -0.25) is 4.79 Å². The number of aromatic carboxylic acids is 1. The minimum atomic E-state index is -1.51. The van der Waals surface area contributed by atoms with Crippen LogP contribution in [0.3, 0.4) is 0 Å². The van der Waals surface area contributed by atoms with Crippen molar-refractivity contribution in [2.24, 2.45) is 0 Å². The van der Waals surface area contributed by atoms with Crippen molar-refractivity contribution in [1.29, 1.82) is 0 Å². The molecule has 0 bridgehead atoms. The Balaban J connectivity index is 2.75. The Labute approximate surface area is 93.6 Å². The molecular weight excluding hydrogens is 238 g/mol. The topological polar surface area (TPSA) is 128 Å². The third-order valence-corrected chi connectivity index (χ3v) is 2.66. The third-order valence-electron chi connectivity index (χ3n) is 1.74. The number of aromatic nitrogens is 1. The average molecular weight is 247 g/mol. The SMILES string of the molecule is O=C(O)CC(O)C(O)c1nc(C(=O)O)cs1. The summed E-state index contributed by atoms with van der Waals surface area (Å²) in [6, 6.07) is 0. The zero-order chi connectivity index (χ0) is 12.3. The fourth-order valence-electron chi connectivity index (χ4n) is 0.977. The van der Waals surface area contributed by atoms with Gasteiger partial charge in [0.25, 0.3) is 0 Å². The predicted molar refractivity (Wildman–Crippen MR) is 52.3 cm³/mol. The molecule has 0 spiro atoms. The standard InChI is InChI=1S/C8H9NO6S/c10-4(1-5(11)12)6(13)7-9-3(2-16-7)8(14)15/h2,4,6,10,13H,1H2,(H,11,12)(H,14,15). The summed E-state index contributed by atoms with van der Waals surface area (Å²) in [6.45, 7) is 0. The van der Waals surface area contributed by atoms with Gasteiger partial charge in [0.05, 0.1) is 12.5 Å². The van der Waals surface area contributed by atoms with Crippen LogP contribution >= 0.6 is 11.3 Å². The van der Waals surface area contributed by atoms with Crippen molar-refractivity contribution in [2.45, 2.75) is 18.6 Å². The first-order valence-electron chi connectivity index (χ1n) is 4.18. The molecule has 0 saturated carbocycles. The maximum absolute atomic E-state index is 10.5. The molecule has 7 nitrogen and oxygen atoms in total. The number of hydrogen-bond donors (Lipinski definition) is 4. The average Bonchev–Trinajstić information content (AvgIpc) is 2.64. The van der Waals surface area contributed by atoms with Gasteiger partial charge in [-0.2, -0.15) is 0 Å². The van der Waals surface area contributed by atoms with Gasteiger partial charge in [0.1, 0.15) is 11.1 Å². The van der Waals surface area contributed by atoms with Crippen LogP contribution < -0.4 is 0 Å². The van der Waals surface area contributed by atoms with E-state index >= 15 is 0 Å². The van der Waals surface area contributed by atoms with Gasteiger partial charge < -0.3 is 20.4 Å². The normalized spacial score (nSPS) is 14.4. The van der Waals surface area contributed by atoms with E-state index in [2.05, 4.69) is 4.98 Å². The van der Waals surface area contributed by atoms with E-state index in [1.54, 1.807) is 0 Å². The number of carbonyl (C=O) groups is 2. The van der Waals surface area contributed by atoms with Crippen LogP contribution in [0.5, 0.6) is 0 Å². The Kier molecular flexibility index (Phi) is 3.93. The number of rotatable bonds is 5. The van der Waals surface area contributed by atoms with E-state index < -0.39 is 30.6 Å². The van der Waals surface area contributed by atoms with Gasteiger partial charge >= 0.3 is 11.9 Å². The zero-order valence-corrected chi connectivity index (χ0v) is 8.72. The maximum atomic E-state index is 10.5. The number of aliphatic hydroxyl groups excluding tert-OH is 2. The molecule has 0 radical (unpaired) electrons. The largest absolute Gasteiger partial charge is 0.481 e. The summed E-state index contributed by atoms with van der Waals surface area (Å²) in [4.78, 5) is 24.3. The summed E-state index contributed by atoms with van der Waals surface area (Å²) < 4.78 is 0. The molecule has 0 fully saturated rings. The molecule has 2 atom stereocenters. The Morgan fingerprint density at radius 2 is 2.00 bits per heavy atom. The fraction of sp³-hybridized carbons (Fsp3) is 0.375. The Hall–Kier alpha value is -1.51. The third kappa shape index (κ3) is 2.99. The molecule has 1 rings (SSSR count). The van der Waals surface area contributed by atoms with Crippen molar-refractivity contribution in [3.05, 3.63) is 16.1 Å². The Morgan fingerprint density at radius 3 is 2.44 bits per heavy atom. The summed E-state index contributed by atoms with van der Waals surface area (Å²) in [7, 11) is 0. The molecule has 0 aromatic carbocycles. The quantitative estimate of drug-likeness (QED) is 0.562. The summed E-state index contributed by atoms with van der Waals surface area (Å²) in [5.41, 5.74) is -0.249. The van der Waals surface area contributed by atoms with Gasteiger partial charge in [0.2, 0.25) is 0 Å². The van der Waals surface area contributed by atoms with Gasteiger partial charge in [-0.25, -0.2) is 9.78 Å². The van der Waals surface area contributed by atoms with E-state index in [9.17, 15) is 19.8 Å². The maximum Gasteiger partial charge on any atom is 0.355 e. The highest BCUT2D eigenvalue weighted by molar-refractivity contribution is 7.09. The highest BCUT2D eigenvalue weighted by atomic mass is 32.1. The first-order chi connectivity index (χ1) is 7.41. The number of carboxylic acid groups (broad SMARTS) is 2. The van der Waals surface area contributed by atoms with Crippen LogP contribution in [-0.2, 0) is 4.79 Å². The number of carboxylic acids is 2. The molecule has 0 saturated heterocycles. The van der Waals surface area contributed by atoms with Crippen molar-refractivity contribution in [2.75, 3.05) is 0 Å². The highest BCUT2D eigenvalue weighted by Crippen LogP contribution is 2.22. The molecule has 1 aromatic heterocycles. The molecule has 0 aliphatic carbocycles. The van der Waals surface area contributed by atoms with Gasteiger partial charge in [0, 0.05) is 5.38 Å². The summed E-state index contributed by atoms with van der Waals surface area (Å²) in [6.07, 6.45) is -3.64. The van der Waals surface area contributed by atoms with Crippen LogP contribution in [0.1, 0.15) is 28.0 Å². The summed E-state index contributed by atoms with van der Waals surface area (Å²) >= 11 is 0.847. The van der Waals surface area contributed by atoms with Crippen LogP contribution in [0.15, 0.2) is 5.38 Å².